The monoisotopic (exact) mass is 386 g/mol. The maximum Gasteiger partial charge on any atom is 0.276 e. The van der Waals surface area contributed by atoms with Crippen molar-refractivity contribution in [3.05, 3.63) is 101 Å². The highest BCUT2D eigenvalue weighted by Crippen LogP contribution is 2.25. The highest BCUT2D eigenvalue weighted by atomic mass is 16.2. The molecule has 0 aliphatic rings. The van der Waals surface area contributed by atoms with Gasteiger partial charge in [-0.1, -0.05) is 65.9 Å². The zero-order valence-electron chi connectivity index (χ0n) is 16.4. The number of aromatic amines is 1. The van der Waals surface area contributed by atoms with Crippen LogP contribution in [0.25, 0.3) is 0 Å². The second-order valence-electron chi connectivity index (χ2n) is 6.98. The first-order chi connectivity index (χ1) is 14.1. The van der Waals surface area contributed by atoms with Gasteiger partial charge in [-0.3, -0.25) is 4.79 Å². The maximum atomic E-state index is 12.8. The number of nitrogens with zero attached hydrogens (tertiary/aromatic N) is 5. The van der Waals surface area contributed by atoms with Crippen LogP contribution in [0, 0.1) is 6.92 Å². The number of hydrogen-bond donors (Lipinski definition) is 1. The standard InChI is InChI=1S/C22H22N6O/c1-16-13-23-20(24-16)15-27(2)22(29)19-14-28(26-25-19)21(17-9-5-3-6-10-17)18-11-7-4-8-12-18/h3-14,21H,15H2,1-2H3,(H,23,24). The lowest BCUT2D eigenvalue weighted by Crippen LogP contribution is -2.27. The summed E-state index contributed by atoms with van der Waals surface area (Å²) in [6, 6.07) is 20.0. The van der Waals surface area contributed by atoms with Crippen LogP contribution in [0.15, 0.2) is 73.1 Å². The van der Waals surface area contributed by atoms with Crippen LogP contribution in [0.4, 0.5) is 0 Å². The van der Waals surface area contributed by atoms with Crippen molar-refractivity contribution in [2.24, 2.45) is 0 Å². The number of imidazole rings is 1. The Hall–Kier alpha value is -3.74. The molecule has 0 unspecified atom stereocenters. The number of aryl methyl sites for hydroxylation is 1. The van der Waals surface area contributed by atoms with E-state index < -0.39 is 0 Å². The summed E-state index contributed by atoms with van der Waals surface area (Å²) in [5.41, 5.74) is 3.40. The molecule has 0 fully saturated rings. The third kappa shape index (κ3) is 4.08. The Morgan fingerprint density at radius 2 is 1.69 bits per heavy atom. The van der Waals surface area contributed by atoms with Crippen molar-refractivity contribution in [3.63, 3.8) is 0 Å². The Labute approximate surface area is 169 Å². The van der Waals surface area contributed by atoms with Crippen molar-refractivity contribution < 1.29 is 4.79 Å². The largest absolute Gasteiger partial charge is 0.345 e. The maximum absolute atomic E-state index is 12.8. The first kappa shape index (κ1) is 18.6. The van der Waals surface area contributed by atoms with E-state index in [1.54, 1.807) is 29.0 Å². The minimum absolute atomic E-state index is 0.163. The van der Waals surface area contributed by atoms with E-state index in [-0.39, 0.29) is 11.9 Å². The first-order valence-corrected chi connectivity index (χ1v) is 9.39. The molecule has 146 valence electrons. The van der Waals surface area contributed by atoms with Crippen molar-refractivity contribution in [3.8, 4) is 0 Å². The molecule has 7 heteroatoms. The minimum Gasteiger partial charge on any atom is -0.345 e. The number of hydrogen-bond acceptors (Lipinski definition) is 4. The number of amides is 1. The van der Waals surface area contributed by atoms with Crippen LogP contribution in [-0.2, 0) is 6.54 Å². The summed E-state index contributed by atoms with van der Waals surface area (Å²) in [6.07, 6.45) is 3.45. The molecule has 1 N–H and O–H groups in total. The van der Waals surface area contributed by atoms with Gasteiger partial charge in [0.15, 0.2) is 5.69 Å². The zero-order valence-corrected chi connectivity index (χ0v) is 16.4. The van der Waals surface area contributed by atoms with Crippen molar-refractivity contribution in [2.45, 2.75) is 19.5 Å². The molecule has 0 saturated heterocycles. The van der Waals surface area contributed by atoms with Gasteiger partial charge in [-0.05, 0) is 18.1 Å². The molecule has 2 aromatic carbocycles. The number of H-pyrrole nitrogens is 1. The van der Waals surface area contributed by atoms with E-state index in [0.29, 0.717) is 12.2 Å². The Morgan fingerprint density at radius 3 is 2.24 bits per heavy atom. The van der Waals surface area contributed by atoms with Crippen LogP contribution in [0.5, 0.6) is 0 Å². The van der Waals surface area contributed by atoms with Gasteiger partial charge in [-0.15, -0.1) is 5.10 Å². The minimum atomic E-state index is -0.204. The molecule has 0 spiro atoms. The zero-order chi connectivity index (χ0) is 20.2. The van der Waals surface area contributed by atoms with Crippen molar-refractivity contribution >= 4 is 5.91 Å². The predicted octanol–water partition coefficient (Wildman–Crippen LogP) is 3.22. The van der Waals surface area contributed by atoms with Crippen LogP contribution in [-0.4, -0.2) is 42.8 Å². The summed E-state index contributed by atoms with van der Waals surface area (Å²) in [6.45, 7) is 2.30. The van der Waals surface area contributed by atoms with E-state index in [2.05, 4.69) is 20.3 Å². The highest BCUT2D eigenvalue weighted by molar-refractivity contribution is 5.91. The molecule has 0 aliphatic heterocycles. The molecule has 0 radical (unpaired) electrons. The third-order valence-corrected chi connectivity index (χ3v) is 4.71. The molecule has 1 amide bonds. The molecular weight excluding hydrogens is 364 g/mol. The van der Waals surface area contributed by atoms with Gasteiger partial charge in [0.1, 0.15) is 11.9 Å². The number of carbonyl (C=O) groups is 1. The summed E-state index contributed by atoms with van der Waals surface area (Å²) in [7, 11) is 1.73. The summed E-state index contributed by atoms with van der Waals surface area (Å²) < 4.78 is 1.74. The van der Waals surface area contributed by atoms with E-state index >= 15 is 0 Å². The fourth-order valence-corrected chi connectivity index (χ4v) is 3.31. The summed E-state index contributed by atoms with van der Waals surface area (Å²) >= 11 is 0. The van der Waals surface area contributed by atoms with Gasteiger partial charge in [0.2, 0.25) is 0 Å². The van der Waals surface area contributed by atoms with Crippen LogP contribution >= 0.6 is 0 Å². The molecule has 0 aliphatic carbocycles. The van der Waals surface area contributed by atoms with Gasteiger partial charge < -0.3 is 9.88 Å². The van der Waals surface area contributed by atoms with Gasteiger partial charge in [0.25, 0.3) is 5.91 Å². The van der Waals surface area contributed by atoms with Crippen LogP contribution in [0.1, 0.15) is 39.2 Å². The fraction of sp³-hybridized carbons (Fsp3) is 0.182. The topological polar surface area (TPSA) is 79.7 Å². The van der Waals surface area contributed by atoms with Gasteiger partial charge in [0, 0.05) is 18.9 Å². The predicted molar refractivity (Wildman–Crippen MR) is 109 cm³/mol. The van der Waals surface area contributed by atoms with Gasteiger partial charge in [-0.2, -0.15) is 0 Å². The van der Waals surface area contributed by atoms with Gasteiger partial charge in [0.05, 0.1) is 12.7 Å². The molecule has 29 heavy (non-hydrogen) atoms. The third-order valence-electron chi connectivity index (χ3n) is 4.71. The second-order valence-corrected chi connectivity index (χ2v) is 6.98. The average Bonchev–Trinajstić information content (AvgIpc) is 3.38. The van der Waals surface area contributed by atoms with Crippen LogP contribution in [0.3, 0.4) is 0 Å². The summed E-state index contributed by atoms with van der Waals surface area (Å²) in [4.78, 5) is 21.8. The van der Waals surface area contributed by atoms with Crippen LogP contribution in [0.2, 0.25) is 0 Å². The average molecular weight is 386 g/mol. The molecule has 0 bridgehead atoms. The van der Waals surface area contributed by atoms with Crippen LogP contribution < -0.4 is 0 Å². The smallest absolute Gasteiger partial charge is 0.276 e. The highest BCUT2D eigenvalue weighted by Gasteiger charge is 2.22. The van der Waals surface area contributed by atoms with E-state index in [0.717, 1.165) is 22.6 Å². The molecule has 0 atom stereocenters. The van der Waals surface area contributed by atoms with E-state index in [4.69, 9.17) is 0 Å². The van der Waals surface area contributed by atoms with Gasteiger partial charge in [-0.25, -0.2) is 9.67 Å². The number of aromatic nitrogens is 5. The lowest BCUT2D eigenvalue weighted by molar-refractivity contribution is 0.0776. The van der Waals surface area contributed by atoms with Gasteiger partial charge >= 0.3 is 0 Å². The van der Waals surface area contributed by atoms with Crippen molar-refractivity contribution in [2.75, 3.05) is 7.05 Å². The molecule has 2 aromatic heterocycles. The molecule has 7 nitrogen and oxygen atoms in total. The van der Waals surface area contributed by atoms with Crippen molar-refractivity contribution in [1.29, 1.82) is 0 Å². The lowest BCUT2D eigenvalue weighted by Gasteiger charge is -2.18. The summed E-state index contributed by atoms with van der Waals surface area (Å²) in [5.74, 6) is 0.530. The van der Waals surface area contributed by atoms with Crippen molar-refractivity contribution in [1.82, 2.24) is 29.9 Å². The molecule has 2 heterocycles. The van der Waals surface area contributed by atoms with E-state index in [9.17, 15) is 4.79 Å². The SMILES string of the molecule is Cc1cnc(CN(C)C(=O)c2cn(C(c3ccccc3)c3ccccc3)nn2)[nH]1. The second kappa shape index (κ2) is 8.10. The van der Waals surface area contributed by atoms with E-state index in [1.165, 1.54) is 0 Å². The Kier molecular flexibility index (Phi) is 5.20. The number of carbonyl (C=O) groups excluding carboxylic acids is 1. The Bertz CT molecular complexity index is 1050. The normalized spacial score (nSPS) is 11.0. The lowest BCUT2D eigenvalue weighted by atomic mass is 9.99. The molecular formula is C22H22N6O. The number of rotatable bonds is 6. The quantitative estimate of drug-likeness (QED) is 0.552. The fourth-order valence-electron chi connectivity index (χ4n) is 3.31. The Balaban J connectivity index is 1.61. The number of nitrogens with one attached hydrogen (secondary N) is 1. The molecule has 4 rings (SSSR count). The Morgan fingerprint density at radius 1 is 1.07 bits per heavy atom. The van der Waals surface area contributed by atoms with E-state index in [1.807, 2.05) is 67.6 Å². The molecule has 4 aromatic rings. The molecule has 0 saturated carbocycles. The summed E-state index contributed by atoms with van der Waals surface area (Å²) in [5, 5.41) is 8.43. The first-order valence-electron chi connectivity index (χ1n) is 9.39. The number of benzene rings is 2.